The summed E-state index contributed by atoms with van der Waals surface area (Å²) in [6.45, 7) is 9.59. The van der Waals surface area contributed by atoms with Crippen LogP contribution in [0.2, 0.25) is 5.02 Å². The smallest absolute Gasteiger partial charge is 0.318 e. The van der Waals surface area contributed by atoms with Gasteiger partial charge in [0.25, 0.3) is 0 Å². The van der Waals surface area contributed by atoms with E-state index in [2.05, 4.69) is 20.8 Å². The molecule has 0 unspecified atom stereocenters. The topological polar surface area (TPSA) is 23.6 Å². The van der Waals surface area contributed by atoms with Gasteiger partial charge in [0.15, 0.2) is 0 Å². The first-order chi connectivity index (χ1) is 8.30. The number of rotatable bonds is 1. The van der Waals surface area contributed by atoms with Gasteiger partial charge in [0, 0.05) is 29.3 Å². The minimum Gasteiger partial charge on any atom is -0.318 e. The molecule has 2 amide bonds. The number of hydrogen-bond acceptors (Lipinski definition) is 1. The number of aryl methyl sites for hydroxylation is 1. The highest BCUT2D eigenvalue weighted by molar-refractivity contribution is 6.31. The molecule has 3 nitrogen and oxygen atoms in total. The lowest BCUT2D eigenvalue weighted by molar-refractivity contribution is 0.173. The molecule has 0 aromatic heterocycles. The Morgan fingerprint density at radius 2 is 1.89 bits per heavy atom. The third-order valence-electron chi connectivity index (χ3n) is 3.29. The van der Waals surface area contributed by atoms with E-state index in [0.29, 0.717) is 5.02 Å². The molecule has 1 saturated heterocycles. The number of halogens is 1. The summed E-state index contributed by atoms with van der Waals surface area (Å²) in [6.07, 6.45) is 0. The molecule has 1 fully saturated rings. The van der Waals surface area contributed by atoms with Crippen molar-refractivity contribution in [2.24, 2.45) is 0 Å². The monoisotopic (exact) mass is 266 g/mol. The zero-order chi connectivity index (χ0) is 13.5. The molecule has 0 atom stereocenters. The van der Waals surface area contributed by atoms with Crippen molar-refractivity contribution in [3.05, 3.63) is 28.8 Å². The lowest BCUT2D eigenvalue weighted by Gasteiger charge is -2.31. The molecule has 98 valence electrons. The number of hydrogen-bond donors (Lipinski definition) is 0. The number of carbonyl (C=O) groups is 1. The van der Waals surface area contributed by atoms with E-state index in [0.717, 1.165) is 24.3 Å². The van der Waals surface area contributed by atoms with Crippen LogP contribution in [0.4, 0.5) is 10.5 Å². The third kappa shape index (κ3) is 2.32. The lowest BCUT2D eigenvalue weighted by Crippen LogP contribution is -2.44. The molecule has 1 aromatic rings. The first kappa shape index (κ1) is 13.2. The van der Waals surface area contributed by atoms with E-state index in [1.165, 1.54) is 0 Å². The van der Waals surface area contributed by atoms with Crippen LogP contribution >= 0.6 is 11.6 Å². The van der Waals surface area contributed by atoms with Gasteiger partial charge in [-0.3, -0.25) is 4.90 Å². The predicted octanol–water partition coefficient (Wildman–Crippen LogP) is 3.69. The summed E-state index contributed by atoms with van der Waals surface area (Å²) < 4.78 is 0. The SMILES string of the molecule is Cc1ccc(N2CCN(C(C)(C)C)C2=O)cc1Cl. The molecule has 0 spiro atoms. The van der Waals surface area contributed by atoms with E-state index in [9.17, 15) is 4.79 Å². The van der Waals surface area contributed by atoms with Crippen LogP contribution in [0.3, 0.4) is 0 Å². The van der Waals surface area contributed by atoms with Gasteiger partial charge in [-0.05, 0) is 45.4 Å². The Balaban J connectivity index is 2.26. The van der Waals surface area contributed by atoms with Gasteiger partial charge in [0.2, 0.25) is 0 Å². The van der Waals surface area contributed by atoms with Crippen LogP contribution in [0.5, 0.6) is 0 Å². The normalized spacial score (nSPS) is 16.6. The Morgan fingerprint density at radius 1 is 1.22 bits per heavy atom. The highest BCUT2D eigenvalue weighted by atomic mass is 35.5. The Bertz CT molecular complexity index is 479. The van der Waals surface area contributed by atoms with Gasteiger partial charge in [-0.25, -0.2) is 4.79 Å². The van der Waals surface area contributed by atoms with Gasteiger partial charge in [0.1, 0.15) is 0 Å². The molecule has 1 aromatic carbocycles. The molecule has 1 aliphatic heterocycles. The van der Waals surface area contributed by atoms with Gasteiger partial charge < -0.3 is 4.90 Å². The average molecular weight is 267 g/mol. The second kappa shape index (κ2) is 4.47. The highest BCUT2D eigenvalue weighted by Crippen LogP contribution is 2.28. The van der Waals surface area contributed by atoms with Crippen molar-refractivity contribution in [2.45, 2.75) is 33.2 Å². The largest absolute Gasteiger partial charge is 0.325 e. The summed E-state index contributed by atoms with van der Waals surface area (Å²) in [5.41, 5.74) is 1.77. The van der Waals surface area contributed by atoms with Gasteiger partial charge in [-0.15, -0.1) is 0 Å². The van der Waals surface area contributed by atoms with Crippen molar-refractivity contribution in [1.82, 2.24) is 4.90 Å². The molecular formula is C14H19ClN2O. The minimum absolute atomic E-state index is 0.0578. The summed E-state index contributed by atoms with van der Waals surface area (Å²) in [4.78, 5) is 16.0. The Morgan fingerprint density at radius 3 is 2.39 bits per heavy atom. The zero-order valence-corrected chi connectivity index (χ0v) is 12.1. The van der Waals surface area contributed by atoms with Crippen LogP contribution in [0, 0.1) is 6.92 Å². The maximum absolute atomic E-state index is 12.4. The summed E-state index contributed by atoms with van der Waals surface area (Å²) in [6, 6.07) is 5.82. The third-order valence-corrected chi connectivity index (χ3v) is 3.69. The van der Waals surface area contributed by atoms with E-state index in [1.807, 2.05) is 30.0 Å². The lowest BCUT2D eigenvalue weighted by atomic mass is 10.1. The molecule has 2 rings (SSSR count). The molecule has 0 aliphatic carbocycles. The number of amides is 2. The summed E-state index contributed by atoms with van der Waals surface area (Å²) in [7, 11) is 0. The Kier molecular flexibility index (Phi) is 3.28. The van der Waals surface area contributed by atoms with Crippen LogP contribution in [-0.2, 0) is 0 Å². The van der Waals surface area contributed by atoms with Crippen molar-refractivity contribution in [2.75, 3.05) is 18.0 Å². The standard InChI is InChI=1S/C14H19ClN2O/c1-10-5-6-11(9-12(10)15)16-7-8-17(13(16)18)14(2,3)4/h5-6,9H,7-8H2,1-4H3. The predicted molar refractivity (Wildman–Crippen MR) is 75.4 cm³/mol. The van der Waals surface area contributed by atoms with Crippen molar-refractivity contribution >= 4 is 23.3 Å². The highest BCUT2D eigenvalue weighted by Gasteiger charge is 2.36. The molecule has 0 N–H and O–H groups in total. The van der Waals surface area contributed by atoms with Gasteiger partial charge in [0.05, 0.1) is 0 Å². The fraction of sp³-hybridized carbons (Fsp3) is 0.500. The number of benzene rings is 1. The summed E-state index contributed by atoms with van der Waals surface area (Å²) in [5, 5.41) is 0.703. The number of anilines is 1. The molecule has 1 aliphatic rings. The number of carbonyl (C=O) groups excluding carboxylic acids is 1. The van der Waals surface area contributed by atoms with Crippen molar-refractivity contribution < 1.29 is 4.79 Å². The van der Waals surface area contributed by atoms with E-state index in [1.54, 1.807) is 4.90 Å². The molecule has 0 saturated carbocycles. The second-order valence-corrected chi connectivity index (χ2v) is 6.10. The minimum atomic E-state index is -0.139. The van der Waals surface area contributed by atoms with Crippen LogP contribution in [0.25, 0.3) is 0 Å². The second-order valence-electron chi connectivity index (χ2n) is 5.69. The van der Waals surface area contributed by atoms with Crippen LogP contribution in [-0.4, -0.2) is 29.6 Å². The Labute approximate surface area is 113 Å². The zero-order valence-electron chi connectivity index (χ0n) is 11.3. The molecule has 18 heavy (non-hydrogen) atoms. The first-order valence-electron chi connectivity index (χ1n) is 6.16. The van der Waals surface area contributed by atoms with Gasteiger partial charge >= 0.3 is 6.03 Å². The Hall–Kier alpha value is -1.22. The number of urea groups is 1. The molecule has 0 bridgehead atoms. The molecule has 0 radical (unpaired) electrons. The fourth-order valence-corrected chi connectivity index (χ4v) is 2.32. The van der Waals surface area contributed by atoms with Crippen molar-refractivity contribution in [3.63, 3.8) is 0 Å². The molecular weight excluding hydrogens is 248 g/mol. The van der Waals surface area contributed by atoms with E-state index in [4.69, 9.17) is 11.6 Å². The van der Waals surface area contributed by atoms with Gasteiger partial charge in [-0.2, -0.15) is 0 Å². The summed E-state index contributed by atoms with van der Waals surface area (Å²) >= 11 is 6.11. The quantitative estimate of drug-likeness (QED) is 0.760. The number of nitrogens with zero attached hydrogens (tertiary/aromatic N) is 2. The maximum Gasteiger partial charge on any atom is 0.325 e. The van der Waals surface area contributed by atoms with E-state index < -0.39 is 0 Å². The van der Waals surface area contributed by atoms with Crippen molar-refractivity contribution in [1.29, 1.82) is 0 Å². The molecule has 4 heteroatoms. The van der Waals surface area contributed by atoms with Crippen molar-refractivity contribution in [3.8, 4) is 0 Å². The average Bonchev–Trinajstić information content (AvgIpc) is 2.64. The fourth-order valence-electron chi connectivity index (χ4n) is 2.15. The van der Waals surface area contributed by atoms with Gasteiger partial charge in [-0.1, -0.05) is 17.7 Å². The van der Waals surface area contributed by atoms with Crippen LogP contribution in [0.15, 0.2) is 18.2 Å². The van der Waals surface area contributed by atoms with Crippen LogP contribution < -0.4 is 4.90 Å². The van der Waals surface area contributed by atoms with E-state index in [-0.39, 0.29) is 11.6 Å². The molecule has 1 heterocycles. The maximum atomic E-state index is 12.4. The first-order valence-corrected chi connectivity index (χ1v) is 6.54. The summed E-state index contributed by atoms with van der Waals surface area (Å²) in [5.74, 6) is 0. The van der Waals surface area contributed by atoms with E-state index >= 15 is 0 Å². The van der Waals surface area contributed by atoms with Crippen LogP contribution in [0.1, 0.15) is 26.3 Å².